The van der Waals surface area contributed by atoms with Gasteiger partial charge in [0.15, 0.2) is 0 Å². The average Bonchev–Trinajstić information content (AvgIpc) is 3.12. The Bertz CT molecular complexity index is 1090. The molecule has 0 unspecified atom stereocenters. The Hall–Kier alpha value is -2.55. The molecule has 27 heavy (non-hydrogen) atoms. The molecular weight excluding hydrogens is 384 g/mol. The van der Waals surface area contributed by atoms with Crippen LogP contribution in [0.2, 0.25) is 0 Å². The van der Waals surface area contributed by atoms with Crippen molar-refractivity contribution in [3.63, 3.8) is 0 Å². The van der Waals surface area contributed by atoms with E-state index in [4.69, 9.17) is 0 Å². The molecule has 2 N–H and O–H groups in total. The number of hydrogen-bond acceptors (Lipinski definition) is 5. The summed E-state index contributed by atoms with van der Waals surface area (Å²) >= 11 is 1.44. The van der Waals surface area contributed by atoms with Crippen LogP contribution in [-0.4, -0.2) is 24.5 Å². The summed E-state index contributed by atoms with van der Waals surface area (Å²) < 4.78 is 27.9. The molecule has 3 aromatic rings. The van der Waals surface area contributed by atoms with Crippen molar-refractivity contribution in [1.82, 2.24) is 9.71 Å². The van der Waals surface area contributed by atoms with Crippen molar-refractivity contribution in [3.8, 4) is 10.6 Å². The minimum Gasteiger partial charge on any atom is -0.478 e. The van der Waals surface area contributed by atoms with Gasteiger partial charge in [-0.2, -0.15) is 0 Å². The maximum Gasteiger partial charge on any atom is 0.335 e. The van der Waals surface area contributed by atoms with E-state index in [0.29, 0.717) is 16.8 Å². The number of aryl methyl sites for hydroxylation is 1. The Labute approximate surface area is 161 Å². The number of thiazole rings is 1. The molecule has 1 aromatic heterocycles. The molecule has 0 saturated carbocycles. The molecular formula is C19H18N2O4S2. The number of hydrogen-bond donors (Lipinski definition) is 2. The van der Waals surface area contributed by atoms with Crippen molar-refractivity contribution in [2.45, 2.75) is 25.3 Å². The Kier molecular flexibility index (Phi) is 5.41. The van der Waals surface area contributed by atoms with Gasteiger partial charge in [0, 0.05) is 10.9 Å². The van der Waals surface area contributed by atoms with Crippen LogP contribution >= 0.6 is 11.3 Å². The molecule has 0 amide bonds. The smallest absolute Gasteiger partial charge is 0.335 e. The van der Waals surface area contributed by atoms with Gasteiger partial charge >= 0.3 is 5.97 Å². The summed E-state index contributed by atoms with van der Waals surface area (Å²) in [6.07, 6.45) is 0. The van der Waals surface area contributed by atoms with E-state index >= 15 is 0 Å². The Balaban J connectivity index is 1.82. The summed E-state index contributed by atoms with van der Waals surface area (Å²) in [4.78, 5) is 15.7. The van der Waals surface area contributed by atoms with Gasteiger partial charge in [0.05, 0.1) is 22.7 Å². The number of nitrogens with one attached hydrogen (secondary N) is 1. The molecule has 0 fully saturated rings. The number of aromatic carboxylic acids is 1. The summed E-state index contributed by atoms with van der Waals surface area (Å²) in [5, 5.41) is 11.8. The van der Waals surface area contributed by atoms with Gasteiger partial charge in [-0.15, -0.1) is 11.3 Å². The van der Waals surface area contributed by atoms with Gasteiger partial charge in [-0.1, -0.05) is 30.3 Å². The number of carbonyl (C=O) groups is 1. The molecule has 0 aliphatic rings. The standard InChI is InChI=1S/C19H18N2O4S2/c1-12-8-15(19(22)23)9-17(13(12)2)27(24,25)20-10-16-11-26-18(21-16)14-6-4-3-5-7-14/h3-9,11,20H,10H2,1-2H3,(H,22,23). The average molecular weight is 402 g/mol. The fourth-order valence-electron chi connectivity index (χ4n) is 2.58. The summed E-state index contributed by atoms with van der Waals surface area (Å²) in [5.41, 5.74) is 2.65. The second-order valence-electron chi connectivity index (χ2n) is 6.06. The second-order valence-corrected chi connectivity index (χ2v) is 8.65. The molecule has 1 heterocycles. The maximum absolute atomic E-state index is 12.7. The van der Waals surface area contributed by atoms with Crippen molar-refractivity contribution >= 4 is 27.3 Å². The molecule has 0 spiro atoms. The van der Waals surface area contributed by atoms with Gasteiger partial charge in [0.2, 0.25) is 10.0 Å². The zero-order chi connectivity index (χ0) is 19.6. The first kappa shape index (κ1) is 19.2. The van der Waals surface area contributed by atoms with Crippen molar-refractivity contribution in [1.29, 1.82) is 0 Å². The Morgan fingerprint density at radius 3 is 2.56 bits per heavy atom. The van der Waals surface area contributed by atoms with Gasteiger partial charge in [0.1, 0.15) is 5.01 Å². The van der Waals surface area contributed by atoms with Crippen LogP contribution in [0.3, 0.4) is 0 Å². The fourth-order valence-corrected chi connectivity index (χ4v) is 4.74. The van der Waals surface area contributed by atoms with E-state index in [1.807, 2.05) is 30.3 Å². The summed E-state index contributed by atoms with van der Waals surface area (Å²) in [6, 6.07) is 12.3. The number of nitrogens with zero attached hydrogens (tertiary/aromatic N) is 1. The third kappa shape index (κ3) is 4.24. The zero-order valence-electron chi connectivity index (χ0n) is 14.8. The van der Waals surface area contributed by atoms with Gasteiger partial charge in [-0.25, -0.2) is 22.9 Å². The third-order valence-corrected chi connectivity index (χ3v) is 6.64. The highest BCUT2D eigenvalue weighted by Crippen LogP contribution is 2.24. The van der Waals surface area contributed by atoms with Crippen LogP contribution in [0.5, 0.6) is 0 Å². The van der Waals surface area contributed by atoms with Crippen LogP contribution in [0.25, 0.3) is 10.6 Å². The van der Waals surface area contributed by atoms with Gasteiger partial charge < -0.3 is 5.11 Å². The molecule has 0 radical (unpaired) electrons. The van der Waals surface area contributed by atoms with Gasteiger partial charge in [0.25, 0.3) is 0 Å². The fraction of sp³-hybridized carbons (Fsp3) is 0.158. The minimum absolute atomic E-state index is 0.0292. The van der Waals surface area contributed by atoms with Crippen LogP contribution in [0, 0.1) is 13.8 Å². The van der Waals surface area contributed by atoms with E-state index < -0.39 is 16.0 Å². The first-order valence-corrected chi connectivity index (χ1v) is 10.5. The normalized spacial score (nSPS) is 11.5. The van der Waals surface area contributed by atoms with E-state index in [2.05, 4.69) is 9.71 Å². The minimum atomic E-state index is -3.87. The number of rotatable bonds is 6. The molecule has 0 aliphatic carbocycles. The molecule has 0 aliphatic heterocycles. The molecule has 0 atom stereocenters. The maximum atomic E-state index is 12.7. The quantitative estimate of drug-likeness (QED) is 0.657. The van der Waals surface area contributed by atoms with E-state index in [1.54, 1.807) is 19.2 Å². The van der Waals surface area contributed by atoms with Crippen molar-refractivity contribution < 1.29 is 18.3 Å². The topological polar surface area (TPSA) is 96.4 Å². The molecule has 2 aromatic carbocycles. The van der Waals surface area contributed by atoms with Crippen LogP contribution in [-0.2, 0) is 16.6 Å². The highest BCUT2D eigenvalue weighted by molar-refractivity contribution is 7.89. The van der Waals surface area contributed by atoms with Crippen molar-refractivity contribution in [3.05, 3.63) is 70.2 Å². The highest BCUT2D eigenvalue weighted by atomic mass is 32.2. The highest BCUT2D eigenvalue weighted by Gasteiger charge is 2.21. The molecule has 140 valence electrons. The number of carboxylic acids is 1. The third-order valence-electron chi connectivity index (χ3n) is 4.17. The molecule has 0 bridgehead atoms. The van der Waals surface area contributed by atoms with E-state index in [-0.39, 0.29) is 17.0 Å². The largest absolute Gasteiger partial charge is 0.478 e. The van der Waals surface area contributed by atoms with Crippen molar-refractivity contribution in [2.24, 2.45) is 0 Å². The first-order valence-electron chi connectivity index (χ1n) is 8.12. The van der Waals surface area contributed by atoms with Crippen LogP contribution < -0.4 is 4.72 Å². The number of carboxylic acid groups (broad SMARTS) is 1. The van der Waals surface area contributed by atoms with E-state index in [1.165, 1.54) is 23.5 Å². The molecule has 3 rings (SSSR count). The first-order chi connectivity index (χ1) is 12.8. The van der Waals surface area contributed by atoms with Gasteiger partial charge in [-0.05, 0) is 37.1 Å². The molecule has 6 nitrogen and oxygen atoms in total. The van der Waals surface area contributed by atoms with Crippen LogP contribution in [0.15, 0.2) is 52.7 Å². The lowest BCUT2D eigenvalue weighted by Gasteiger charge is -2.12. The summed E-state index contributed by atoms with van der Waals surface area (Å²) in [6.45, 7) is 3.38. The van der Waals surface area contributed by atoms with E-state index in [0.717, 1.165) is 10.6 Å². The number of sulfonamides is 1. The SMILES string of the molecule is Cc1cc(C(=O)O)cc(S(=O)(=O)NCc2csc(-c3ccccc3)n2)c1C. The lowest BCUT2D eigenvalue weighted by atomic mass is 10.1. The lowest BCUT2D eigenvalue weighted by Crippen LogP contribution is -2.24. The van der Waals surface area contributed by atoms with Gasteiger partial charge in [-0.3, -0.25) is 0 Å². The summed E-state index contributed by atoms with van der Waals surface area (Å²) in [5.74, 6) is -1.17. The number of benzene rings is 2. The lowest BCUT2D eigenvalue weighted by molar-refractivity contribution is 0.0696. The van der Waals surface area contributed by atoms with Crippen LogP contribution in [0.4, 0.5) is 0 Å². The molecule has 0 saturated heterocycles. The Morgan fingerprint density at radius 1 is 1.19 bits per heavy atom. The van der Waals surface area contributed by atoms with Crippen LogP contribution in [0.1, 0.15) is 27.2 Å². The zero-order valence-corrected chi connectivity index (χ0v) is 16.4. The Morgan fingerprint density at radius 2 is 1.89 bits per heavy atom. The second kappa shape index (κ2) is 7.59. The predicted octanol–water partition coefficient (Wildman–Crippen LogP) is 3.60. The van der Waals surface area contributed by atoms with E-state index in [9.17, 15) is 18.3 Å². The van der Waals surface area contributed by atoms with Crippen molar-refractivity contribution in [2.75, 3.05) is 0 Å². The summed E-state index contributed by atoms with van der Waals surface area (Å²) in [7, 11) is -3.87. The monoisotopic (exact) mass is 402 g/mol. The predicted molar refractivity (Wildman–Crippen MR) is 104 cm³/mol. The number of aromatic nitrogens is 1. The molecule has 8 heteroatoms.